The molecule has 2 heterocycles. The topological polar surface area (TPSA) is 57.2 Å². The van der Waals surface area contributed by atoms with Crippen molar-refractivity contribution in [2.75, 3.05) is 6.61 Å². The first-order valence-corrected chi connectivity index (χ1v) is 12.5. The van der Waals surface area contributed by atoms with Gasteiger partial charge in [-0.2, -0.15) is 0 Å². The van der Waals surface area contributed by atoms with Crippen molar-refractivity contribution in [2.45, 2.75) is 88.4 Å². The second kappa shape index (κ2) is 12.1. The maximum absolute atomic E-state index is 11.2. The normalized spacial score (nSPS) is 31.1. The van der Waals surface area contributed by atoms with E-state index in [9.17, 15) is 5.11 Å². The van der Waals surface area contributed by atoms with Gasteiger partial charge < -0.3 is 24.1 Å². The summed E-state index contributed by atoms with van der Waals surface area (Å²) in [5.41, 5.74) is 1.36. The predicted octanol–water partition coefficient (Wildman–Crippen LogP) is 5.21. The van der Waals surface area contributed by atoms with Gasteiger partial charge >= 0.3 is 0 Å². The Labute approximate surface area is 203 Å². The second-order valence-electron chi connectivity index (χ2n) is 9.59. The molecule has 2 aromatic rings. The van der Waals surface area contributed by atoms with Crippen molar-refractivity contribution < 1.29 is 24.1 Å². The van der Waals surface area contributed by atoms with Crippen LogP contribution in [0, 0.1) is 0 Å². The molecule has 0 radical (unpaired) electrons. The molecule has 0 saturated carbocycles. The number of rotatable bonds is 11. The van der Waals surface area contributed by atoms with Gasteiger partial charge in [-0.3, -0.25) is 0 Å². The van der Waals surface area contributed by atoms with Crippen molar-refractivity contribution >= 4 is 0 Å². The Morgan fingerprint density at radius 2 is 1.71 bits per heavy atom. The van der Waals surface area contributed by atoms with Crippen LogP contribution in [0.3, 0.4) is 0 Å². The van der Waals surface area contributed by atoms with Gasteiger partial charge in [-0.05, 0) is 37.3 Å². The Hall–Kier alpha value is -2.02. The van der Waals surface area contributed by atoms with E-state index in [0.29, 0.717) is 32.7 Å². The van der Waals surface area contributed by atoms with Crippen molar-refractivity contribution in [2.24, 2.45) is 0 Å². The highest BCUT2D eigenvalue weighted by Crippen LogP contribution is 2.40. The first-order valence-electron chi connectivity index (χ1n) is 12.5. The van der Waals surface area contributed by atoms with Crippen LogP contribution in [0.25, 0.3) is 0 Å². The van der Waals surface area contributed by atoms with Gasteiger partial charge in [0.2, 0.25) is 0 Å². The molecular weight excluding hydrogens is 428 g/mol. The molecule has 0 aromatic heterocycles. The molecule has 2 aromatic carbocycles. The van der Waals surface area contributed by atoms with Crippen molar-refractivity contribution in [1.29, 1.82) is 0 Å². The smallest absolute Gasteiger partial charge is 0.110 e. The first kappa shape index (κ1) is 25.1. The Balaban J connectivity index is 1.34. The van der Waals surface area contributed by atoms with E-state index in [4.69, 9.17) is 18.9 Å². The lowest BCUT2D eigenvalue weighted by atomic mass is 9.80. The van der Waals surface area contributed by atoms with Crippen molar-refractivity contribution in [3.63, 3.8) is 0 Å². The molecule has 0 spiro atoms. The highest BCUT2D eigenvalue weighted by Gasteiger charge is 2.51. The molecule has 34 heavy (non-hydrogen) atoms. The summed E-state index contributed by atoms with van der Waals surface area (Å²) in [5.74, 6) is 0. The molecule has 2 fully saturated rings. The van der Waals surface area contributed by atoms with E-state index in [1.165, 1.54) is 5.56 Å². The summed E-state index contributed by atoms with van der Waals surface area (Å²) in [6.07, 6.45) is 4.62. The van der Waals surface area contributed by atoms with Gasteiger partial charge in [0.15, 0.2) is 0 Å². The number of hydrogen-bond acceptors (Lipinski definition) is 5. The van der Waals surface area contributed by atoms with Gasteiger partial charge in [0.1, 0.15) is 6.10 Å². The lowest BCUT2D eigenvalue weighted by molar-refractivity contribution is -0.281. The van der Waals surface area contributed by atoms with Crippen LogP contribution in [0.5, 0.6) is 0 Å². The van der Waals surface area contributed by atoms with Gasteiger partial charge in [0.25, 0.3) is 0 Å². The summed E-state index contributed by atoms with van der Waals surface area (Å²) in [5, 5.41) is 11.2. The lowest BCUT2D eigenvalue weighted by Gasteiger charge is -2.51. The van der Waals surface area contributed by atoms with Gasteiger partial charge in [-0.25, -0.2) is 0 Å². The quantitative estimate of drug-likeness (QED) is 0.364. The maximum Gasteiger partial charge on any atom is 0.110 e. The summed E-state index contributed by atoms with van der Waals surface area (Å²) in [6, 6.07) is 20.4. The monoisotopic (exact) mass is 466 g/mol. The Bertz CT molecular complexity index is 873. The van der Waals surface area contributed by atoms with Crippen LogP contribution in [0.1, 0.15) is 50.2 Å². The van der Waals surface area contributed by atoms with Crippen LogP contribution in [0.4, 0.5) is 0 Å². The van der Waals surface area contributed by atoms with Gasteiger partial charge in [0, 0.05) is 19.4 Å². The molecule has 4 rings (SSSR count). The second-order valence-corrected chi connectivity index (χ2v) is 9.59. The highest BCUT2D eigenvalue weighted by molar-refractivity contribution is 5.14. The van der Waals surface area contributed by atoms with Crippen LogP contribution >= 0.6 is 0 Å². The molecule has 6 atom stereocenters. The average molecular weight is 467 g/mol. The van der Waals surface area contributed by atoms with Crippen LogP contribution in [0.15, 0.2) is 73.3 Å². The van der Waals surface area contributed by atoms with E-state index in [2.05, 4.69) is 30.8 Å². The number of benzene rings is 2. The van der Waals surface area contributed by atoms with E-state index in [1.54, 1.807) is 6.08 Å². The van der Waals surface area contributed by atoms with Crippen molar-refractivity contribution in [3.05, 3.63) is 84.4 Å². The molecule has 0 unspecified atom stereocenters. The molecule has 2 aliphatic rings. The Morgan fingerprint density at radius 1 is 1.03 bits per heavy atom. The SMILES string of the molecule is C=CC[C@@]1(O)C[C@@H]2O[C@@H](CCCOCc3ccccc3)C[C@@H](OCc3ccccc3)[C@H]2O[C@@H]1C. The fraction of sp³-hybridized carbons (Fsp3) is 0.517. The van der Waals surface area contributed by atoms with Crippen LogP contribution < -0.4 is 0 Å². The standard InChI is InChI=1S/C29H38O5/c1-3-16-29(30)19-27-28(33-22(29)2)26(32-21-24-13-8-5-9-14-24)18-25(34-27)15-10-17-31-20-23-11-6-4-7-12-23/h3-9,11-14,22,25-28,30H,1,10,15-21H2,2H3/t22-,25+,26-,27+,28-,29-/m1/s1. The number of fused-ring (bicyclic) bond motifs is 1. The minimum atomic E-state index is -0.965. The summed E-state index contributed by atoms with van der Waals surface area (Å²) < 4.78 is 25.1. The fourth-order valence-corrected chi connectivity index (χ4v) is 5.03. The summed E-state index contributed by atoms with van der Waals surface area (Å²) >= 11 is 0. The number of ether oxygens (including phenoxy) is 4. The molecule has 1 N–H and O–H groups in total. The van der Waals surface area contributed by atoms with E-state index in [0.717, 1.165) is 24.8 Å². The van der Waals surface area contributed by atoms with E-state index >= 15 is 0 Å². The minimum Gasteiger partial charge on any atom is -0.387 e. The Kier molecular flexibility index (Phi) is 8.92. The van der Waals surface area contributed by atoms with E-state index in [-0.39, 0.29) is 30.5 Å². The van der Waals surface area contributed by atoms with Gasteiger partial charge in [0.05, 0.1) is 43.2 Å². The lowest BCUT2D eigenvalue weighted by Crippen LogP contribution is -2.62. The average Bonchev–Trinajstić information content (AvgIpc) is 2.85. The molecule has 2 saturated heterocycles. The number of aliphatic hydroxyl groups is 1. The van der Waals surface area contributed by atoms with E-state index < -0.39 is 5.60 Å². The zero-order valence-corrected chi connectivity index (χ0v) is 20.2. The molecule has 0 aliphatic carbocycles. The predicted molar refractivity (Wildman–Crippen MR) is 132 cm³/mol. The molecule has 2 aliphatic heterocycles. The first-order chi connectivity index (χ1) is 16.6. The molecular formula is C29H38O5. The third-order valence-corrected chi connectivity index (χ3v) is 7.00. The Morgan fingerprint density at radius 3 is 2.38 bits per heavy atom. The van der Waals surface area contributed by atoms with Crippen LogP contribution in [0.2, 0.25) is 0 Å². The van der Waals surface area contributed by atoms with Gasteiger partial charge in [-0.15, -0.1) is 6.58 Å². The third kappa shape index (κ3) is 6.55. The molecule has 184 valence electrons. The van der Waals surface area contributed by atoms with Gasteiger partial charge in [-0.1, -0.05) is 66.7 Å². The van der Waals surface area contributed by atoms with E-state index in [1.807, 2.05) is 43.3 Å². The molecule has 0 amide bonds. The maximum atomic E-state index is 11.2. The largest absolute Gasteiger partial charge is 0.387 e. The fourth-order valence-electron chi connectivity index (χ4n) is 5.03. The van der Waals surface area contributed by atoms with Crippen molar-refractivity contribution in [3.8, 4) is 0 Å². The molecule has 5 heteroatoms. The zero-order valence-electron chi connectivity index (χ0n) is 20.2. The third-order valence-electron chi connectivity index (χ3n) is 7.00. The molecule has 5 nitrogen and oxygen atoms in total. The minimum absolute atomic E-state index is 0.0485. The summed E-state index contributed by atoms with van der Waals surface area (Å²) in [6.45, 7) is 7.60. The number of hydrogen-bond donors (Lipinski definition) is 1. The van der Waals surface area contributed by atoms with Crippen LogP contribution in [-0.2, 0) is 32.2 Å². The summed E-state index contributed by atoms with van der Waals surface area (Å²) in [4.78, 5) is 0. The van der Waals surface area contributed by atoms with Crippen LogP contribution in [-0.4, -0.2) is 47.8 Å². The highest BCUT2D eigenvalue weighted by atomic mass is 16.6. The van der Waals surface area contributed by atoms with Crippen molar-refractivity contribution in [1.82, 2.24) is 0 Å². The zero-order chi connectivity index (χ0) is 23.8. The molecule has 0 bridgehead atoms. The summed E-state index contributed by atoms with van der Waals surface area (Å²) in [7, 11) is 0.